The summed E-state index contributed by atoms with van der Waals surface area (Å²) in [5, 5.41) is 11.2. The second-order valence-electron chi connectivity index (χ2n) is 3.53. The summed E-state index contributed by atoms with van der Waals surface area (Å²) in [6.07, 6.45) is 0.554. The second-order valence-corrected chi connectivity index (χ2v) is 3.53. The molecule has 0 aliphatic rings. The van der Waals surface area contributed by atoms with Gasteiger partial charge in [-0.05, 0) is 24.3 Å². The van der Waals surface area contributed by atoms with E-state index in [9.17, 15) is 9.59 Å². The molecular formula is C13H10N2O4. The van der Waals surface area contributed by atoms with Crippen LogP contribution in [0.4, 0.5) is 10.5 Å². The highest BCUT2D eigenvalue weighted by atomic mass is 16.6. The van der Waals surface area contributed by atoms with Gasteiger partial charge in [-0.1, -0.05) is 18.2 Å². The Morgan fingerprint density at radius 3 is 2.53 bits per heavy atom. The average Bonchev–Trinajstić information content (AvgIpc) is 2.40. The summed E-state index contributed by atoms with van der Waals surface area (Å²) in [6, 6.07) is 11.4. The minimum absolute atomic E-state index is 0.0796. The largest absolute Gasteiger partial charge is 0.476 e. The van der Waals surface area contributed by atoms with Gasteiger partial charge in [0, 0.05) is 6.20 Å². The number of benzene rings is 1. The maximum absolute atomic E-state index is 11.6. The third kappa shape index (κ3) is 3.29. The summed E-state index contributed by atoms with van der Waals surface area (Å²) >= 11 is 0. The smallest absolute Gasteiger partial charge is 0.417 e. The van der Waals surface area contributed by atoms with Crippen LogP contribution in [0.5, 0.6) is 5.75 Å². The maximum Gasteiger partial charge on any atom is 0.417 e. The molecule has 1 amide bonds. The number of nitrogens with one attached hydrogen (secondary N) is 1. The maximum atomic E-state index is 11.6. The van der Waals surface area contributed by atoms with E-state index in [1.807, 2.05) is 0 Å². The molecule has 0 aliphatic carbocycles. The van der Waals surface area contributed by atoms with Gasteiger partial charge in [0.2, 0.25) is 0 Å². The van der Waals surface area contributed by atoms with Crippen molar-refractivity contribution in [3.63, 3.8) is 0 Å². The number of amides is 1. The van der Waals surface area contributed by atoms with Crippen molar-refractivity contribution in [2.75, 3.05) is 5.32 Å². The number of nitrogens with zero attached hydrogens (tertiary/aromatic N) is 1. The summed E-state index contributed by atoms with van der Waals surface area (Å²) in [6.45, 7) is 0. The Balaban J connectivity index is 2.09. The van der Waals surface area contributed by atoms with Crippen LogP contribution in [0.1, 0.15) is 10.5 Å². The number of carbonyl (C=O) groups is 2. The van der Waals surface area contributed by atoms with Gasteiger partial charge in [-0.25, -0.2) is 14.6 Å². The summed E-state index contributed by atoms with van der Waals surface area (Å²) < 4.78 is 4.98. The van der Waals surface area contributed by atoms with Crippen LogP contribution in [-0.2, 0) is 0 Å². The fourth-order valence-electron chi connectivity index (χ4n) is 1.41. The van der Waals surface area contributed by atoms with Crippen LogP contribution < -0.4 is 10.1 Å². The van der Waals surface area contributed by atoms with E-state index in [4.69, 9.17) is 9.84 Å². The molecule has 1 heterocycles. The predicted molar refractivity (Wildman–Crippen MR) is 67.3 cm³/mol. The first-order chi connectivity index (χ1) is 9.16. The first-order valence-electron chi connectivity index (χ1n) is 5.39. The lowest BCUT2D eigenvalue weighted by molar-refractivity contribution is 0.0692. The first kappa shape index (κ1) is 12.6. The van der Waals surface area contributed by atoms with E-state index in [0.717, 1.165) is 0 Å². The summed E-state index contributed by atoms with van der Waals surface area (Å²) in [5.74, 6) is -0.864. The standard InChI is InChI=1S/C13H10N2O4/c16-12(17)11-10(7-4-8-14-11)15-13(18)19-9-5-2-1-3-6-9/h1-8H,(H,15,18)(H,16,17). The molecule has 0 atom stereocenters. The van der Waals surface area contributed by atoms with Gasteiger partial charge < -0.3 is 9.84 Å². The van der Waals surface area contributed by atoms with Crippen molar-refractivity contribution in [1.29, 1.82) is 0 Å². The summed E-state index contributed by atoms with van der Waals surface area (Å²) in [4.78, 5) is 26.2. The van der Waals surface area contributed by atoms with Gasteiger partial charge >= 0.3 is 12.1 Å². The number of hydrogen-bond donors (Lipinski definition) is 2. The summed E-state index contributed by atoms with van der Waals surface area (Å²) in [7, 11) is 0. The van der Waals surface area contributed by atoms with Crippen molar-refractivity contribution in [1.82, 2.24) is 4.98 Å². The van der Waals surface area contributed by atoms with Crippen LogP contribution in [0.15, 0.2) is 48.7 Å². The molecule has 0 unspecified atom stereocenters. The predicted octanol–water partition coefficient (Wildman–Crippen LogP) is 2.39. The number of carboxylic acid groups (broad SMARTS) is 1. The Kier molecular flexibility index (Phi) is 3.72. The van der Waals surface area contributed by atoms with Crippen molar-refractivity contribution in [2.45, 2.75) is 0 Å². The molecule has 2 N–H and O–H groups in total. The molecule has 0 radical (unpaired) electrons. The van der Waals surface area contributed by atoms with Crippen LogP contribution >= 0.6 is 0 Å². The van der Waals surface area contributed by atoms with Gasteiger partial charge in [0.25, 0.3) is 0 Å². The van der Waals surface area contributed by atoms with E-state index in [1.165, 1.54) is 18.3 Å². The lowest BCUT2D eigenvalue weighted by atomic mass is 10.3. The van der Waals surface area contributed by atoms with Crippen LogP contribution in [0.3, 0.4) is 0 Å². The molecule has 2 rings (SSSR count). The lowest BCUT2D eigenvalue weighted by Crippen LogP contribution is -2.19. The van der Waals surface area contributed by atoms with E-state index in [2.05, 4.69) is 10.3 Å². The van der Waals surface area contributed by atoms with Crippen molar-refractivity contribution < 1.29 is 19.4 Å². The third-order valence-corrected chi connectivity index (χ3v) is 2.20. The van der Waals surface area contributed by atoms with Gasteiger partial charge in [-0.3, -0.25) is 5.32 Å². The molecule has 0 spiro atoms. The van der Waals surface area contributed by atoms with Crippen LogP contribution in [0.2, 0.25) is 0 Å². The van der Waals surface area contributed by atoms with E-state index in [0.29, 0.717) is 5.75 Å². The van der Waals surface area contributed by atoms with Crippen LogP contribution in [0, 0.1) is 0 Å². The molecule has 2 aromatic rings. The molecular weight excluding hydrogens is 248 g/mol. The average molecular weight is 258 g/mol. The molecule has 0 saturated carbocycles. The molecule has 0 aliphatic heterocycles. The molecule has 6 heteroatoms. The van der Waals surface area contributed by atoms with Crippen molar-refractivity contribution in [3.8, 4) is 5.75 Å². The first-order valence-corrected chi connectivity index (χ1v) is 5.39. The topological polar surface area (TPSA) is 88.5 Å². The highest BCUT2D eigenvalue weighted by Crippen LogP contribution is 2.14. The molecule has 0 fully saturated rings. The third-order valence-electron chi connectivity index (χ3n) is 2.20. The Hall–Kier alpha value is -2.89. The molecule has 96 valence electrons. The van der Waals surface area contributed by atoms with Crippen LogP contribution in [-0.4, -0.2) is 22.2 Å². The van der Waals surface area contributed by atoms with Crippen molar-refractivity contribution >= 4 is 17.7 Å². The molecule has 1 aromatic carbocycles. The normalized spacial score (nSPS) is 9.68. The van der Waals surface area contributed by atoms with Gasteiger partial charge in [0.1, 0.15) is 5.75 Å². The number of carboxylic acids is 1. The number of pyridine rings is 1. The minimum atomic E-state index is -1.23. The van der Waals surface area contributed by atoms with E-state index >= 15 is 0 Å². The monoisotopic (exact) mass is 258 g/mol. The van der Waals surface area contributed by atoms with Crippen LogP contribution in [0.25, 0.3) is 0 Å². The van der Waals surface area contributed by atoms with Crippen molar-refractivity contribution in [3.05, 3.63) is 54.4 Å². The Morgan fingerprint density at radius 1 is 1.11 bits per heavy atom. The Labute approximate surface area is 108 Å². The highest BCUT2D eigenvalue weighted by molar-refractivity contribution is 5.97. The van der Waals surface area contributed by atoms with Gasteiger partial charge in [0.15, 0.2) is 5.69 Å². The van der Waals surface area contributed by atoms with Crippen molar-refractivity contribution in [2.24, 2.45) is 0 Å². The molecule has 0 saturated heterocycles. The van der Waals surface area contributed by atoms with Gasteiger partial charge in [0.05, 0.1) is 5.69 Å². The van der Waals surface area contributed by atoms with Gasteiger partial charge in [-0.2, -0.15) is 0 Å². The van der Waals surface area contributed by atoms with E-state index in [-0.39, 0.29) is 11.4 Å². The Morgan fingerprint density at radius 2 is 1.84 bits per heavy atom. The molecule has 19 heavy (non-hydrogen) atoms. The fraction of sp³-hybridized carbons (Fsp3) is 0. The number of hydrogen-bond acceptors (Lipinski definition) is 4. The number of ether oxygens (including phenoxy) is 1. The molecule has 6 nitrogen and oxygen atoms in total. The molecule has 0 bridgehead atoms. The number of carbonyl (C=O) groups excluding carboxylic acids is 1. The number of rotatable bonds is 3. The highest BCUT2D eigenvalue weighted by Gasteiger charge is 2.14. The lowest BCUT2D eigenvalue weighted by Gasteiger charge is -2.07. The number of aromatic nitrogens is 1. The zero-order valence-electron chi connectivity index (χ0n) is 9.74. The minimum Gasteiger partial charge on any atom is -0.476 e. The SMILES string of the molecule is O=C(Nc1cccnc1C(=O)O)Oc1ccccc1. The van der Waals surface area contributed by atoms with Gasteiger partial charge in [-0.15, -0.1) is 0 Å². The number of aromatic carboxylic acids is 1. The zero-order valence-corrected chi connectivity index (χ0v) is 9.74. The number of anilines is 1. The number of para-hydroxylation sites is 1. The van der Waals surface area contributed by atoms with E-state index < -0.39 is 12.1 Å². The second kappa shape index (κ2) is 5.63. The molecule has 1 aromatic heterocycles. The quantitative estimate of drug-likeness (QED) is 0.882. The Bertz CT molecular complexity index is 599. The van der Waals surface area contributed by atoms with E-state index in [1.54, 1.807) is 30.3 Å². The fourth-order valence-corrected chi connectivity index (χ4v) is 1.41. The summed E-state index contributed by atoms with van der Waals surface area (Å²) in [5.41, 5.74) is -0.163. The zero-order chi connectivity index (χ0) is 13.7.